The Hall–Kier alpha value is -3.97. The fraction of sp³-hybridized carbons (Fsp3) is 0.348. The van der Waals surface area contributed by atoms with Gasteiger partial charge in [0.2, 0.25) is 5.95 Å². The molecule has 0 radical (unpaired) electrons. The van der Waals surface area contributed by atoms with Crippen molar-refractivity contribution in [3.8, 4) is 11.8 Å². The molecule has 3 N–H and O–H groups in total. The molecule has 3 heterocycles. The summed E-state index contributed by atoms with van der Waals surface area (Å²) in [6.45, 7) is 6.11. The number of anilines is 1. The highest BCUT2D eigenvalue weighted by Crippen LogP contribution is 2.17. The van der Waals surface area contributed by atoms with Crippen molar-refractivity contribution in [2.75, 3.05) is 11.9 Å². The molecule has 170 valence electrons. The SMILES string of the molecule is CC#CCn1c(NCC(C)N)nc2c1c(=O)n(Cc1nc(C)c3ccccc3n1)c(=O)n2C. The van der Waals surface area contributed by atoms with E-state index in [0.29, 0.717) is 18.3 Å². The molecule has 10 heteroatoms. The monoisotopic (exact) mass is 446 g/mol. The van der Waals surface area contributed by atoms with Crippen molar-refractivity contribution in [1.29, 1.82) is 0 Å². The Labute approximate surface area is 190 Å². The van der Waals surface area contributed by atoms with Crippen molar-refractivity contribution in [3.63, 3.8) is 0 Å². The van der Waals surface area contributed by atoms with Crippen LogP contribution in [0, 0.1) is 18.8 Å². The number of nitrogens with two attached hydrogens (primary N) is 1. The number of para-hydroxylation sites is 1. The number of hydrogen-bond donors (Lipinski definition) is 2. The van der Waals surface area contributed by atoms with Gasteiger partial charge >= 0.3 is 5.69 Å². The molecular formula is C23H26N8O2. The number of imidazole rings is 1. The quantitative estimate of drug-likeness (QED) is 0.423. The first-order chi connectivity index (χ1) is 15.8. The van der Waals surface area contributed by atoms with Gasteiger partial charge in [-0.15, -0.1) is 5.92 Å². The average molecular weight is 447 g/mol. The van der Waals surface area contributed by atoms with Crippen LogP contribution >= 0.6 is 0 Å². The number of nitrogens with zero attached hydrogens (tertiary/aromatic N) is 6. The predicted octanol–water partition coefficient (Wildman–Crippen LogP) is 0.979. The fourth-order valence-corrected chi connectivity index (χ4v) is 3.72. The third-order valence-corrected chi connectivity index (χ3v) is 5.37. The van der Waals surface area contributed by atoms with E-state index in [1.54, 1.807) is 18.5 Å². The topological polar surface area (TPSA) is 126 Å². The largest absolute Gasteiger partial charge is 0.354 e. The summed E-state index contributed by atoms with van der Waals surface area (Å²) in [4.78, 5) is 40.2. The zero-order valence-electron chi connectivity index (χ0n) is 19.1. The van der Waals surface area contributed by atoms with Gasteiger partial charge in [0.1, 0.15) is 5.82 Å². The molecule has 10 nitrogen and oxygen atoms in total. The fourth-order valence-electron chi connectivity index (χ4n) is 3.72. The van der Waals surface area contributed by atoms with Crippen LogP contribution in [0.4, 0.5) is 5.95 Å². The van der Waals surface area contributed by atoms with E-state index in [0.717, 1.165) is 21.2 Å². The first kappa shape index (κ1) is 22.2. The highest BCUT2D eigenvalue weighted by Gasteiger charge is 2.21. The van der Waals surface area contributed by atoms with Gasteiger partial charge in [0, 0.05) is 30.7 Å². The molecule has 0 bridgehead atoms. The molecule has 0 saturated carbocycles. The molecular weight excluding hydrogens is 420 g/mol. The minimum Gasteiger partial charge on any atom is -0.354 e. The van der Waals surface area contributed by atoms with Crippen molar-refractivity contribution >= 4 is 28.0 Å². The Bertz CT molecular complexity index is 1530. The van der Waals surface area contributed by atoms with E-state index in [-0.39, 0.29) is 30.3 Å². The van der Waals surface area contributed by atoms with Crippen LogP contribution in [-0.4, -0.2) is 41.2 Å². The van der Waals surface area contributed by atoms with Crippen LogP contribution in [0.5, 0.6) is 0 Å². The molecule has 3 aromatic heterocycles. The molecule has 0 fully saturated rings. The van der Waals surface area contributed by atoms with Gasteiger partial charge in [-0.25, -0.2) is 14.8 Å². The van der Waals surface area contributed by atoms with Gasteiger partial charge in [0.05, 0.1) is 18.6 Å². The number of hydrogen-bond acceptors (Lipinski definition) is 7. The Kier molecular flexibility index (Phi) is 5.98. The summed E-state index contributed by atoms with van der Waals surface area (Å²) in [5.41, 5.74) is 7.01. The Morgan fingerprint density at radius 2 is 1.91 bits per heavy atom. The molecule has 0 aliphatic carbocycles. The van der Waals surface area contributed by atoms with E-state index in [4.69, 9.17) is 5.73 Å². The van der Waals surface area contributed by atoms with Crippen LogP contribution < -0.4 is 22.3 Å². The van der Waals surface area contributed by atoms with Crippen LogP contribution in [0.15, 0.2) is 33.9 Å². The first-order valence-corrected chi connectivity index (χ1v) is 10.6. The van der Waals surface area contributed by atoms with Gasteiger partial charge in [-0.05, 0) is 26.8 Å². The van der Waals surface area contributed by atoms with Crippen LogP contribution in [0.2, 0.25) is 0 Å². The molecule has 1 unspecified atom stereocenters. The van der Waals surface area contributed by atoms with E-state index in [9.17, 15) is 9.59 Å². The summed E-state index contributed by atoms with van der Waals surface area (Å²) in [7, 11) is 1.59. The normalized spacial score (nSPS) is 12.0. The van der Waals surface area contributed by atoms with Crippen LogP contribution in [0.1, 0.15) is 25.4 Å². The van der Waals surface area contributed by atoms with Gasteiger partial charge in [-0.1, -0.05) is 24.1 Å². The average Bonchev–Trinajstić information content (AvgIpc) is 3.16. The molecule has 0 aliphatic rings. The summed E-state index contributed by atoms with van der Waals surface area (Å²) in [6, 6.07) is 7.51. The summed E-state index contributed by atoms with van der Waals surface area (Å²) in [5.74, 6) is 6.63. The van der Waals surface area contributed by atoms with Gasteiger partial charge in [0.15, 0.2) is 11.2 Å². The lowest BCUT2D eigenvalue weighted by molar-refractivity contribution is 0.633. The van der Waals surface area contributed by atoms with Crippen molar-refractivity contribution in [2.24, 2.45) is 12.8 Å². The molecule has 0 spiro atoms. The third-order valence-electron chi connectivity index (χ3n) is 5.37. The number of nitrogens with one attached hydrogen (secondary N) is 1. The minimum atomic E-state index is -0.494. The number of benzene rings is 1. The van der Waals surface area contributed by atoms with E-state index in [1.165, 1.54) is 4.57 Å². The highest BCUT2D eigenvalue weighted by atomic mass is 16.2. The number of aromatic nitrogens is 6. The third kappa shape index (κ3) is 4.10. The molecule has 0 saturated heterocycles. The molecule has 0 aliphatic heterocycles. The summed E-state index contributed by atoms with van der Waals surface area (Å²) >= 11 is 0. The molecule has 0 amide bonds. The van der Waals surface area contributed by atoms with Gasteiger partial charge in [-0.3, -0.25) is 18.5 Å². The molecule has 4 rings (SSSR count). The van der Waals surface area contributed by atoms with E-state index in [1.807, 2.05) is 38.1 Å². The van der Waals surface area contributed by atoms with E-state index >= 15 is 0 Å². The van der Waals surface area contributed by atoms with Gasteiger partial charge in [0.25, 0.3) is 5.56 Å². The van der Waals surface area contributed by atoms with E-state index in [2.05, 4.69) is 32.1 Å². The first-order valence-electron chi connectivity index (χ1n) is 10.6. The molecule has 1 atom stereocenters. The van der Waals surface area contributed by atoms with E-state index < -0.39 is 11.2 Å². The summed E-state index contributed by atoms with van der Waals surface area (Å²) < 4.78 is 4.18. The standard InChI is InChI=1S/C23H26N8O2/c1-5-6-11-30-19-20(28-22(30)25-12-14(2)24)29(4)23(33)31(21(19)32)13-18-26-15(3)16-9-7-8-10-17(16)27-18/h7-10,14H,11-13,24H2,1-4H3,(H,25,28). The molecule has 33 heavy (non-hydrogen) atoms. The number of fused-ring (bicyclic) bond motifs is 2. The van der Waals surface area contributed by atoms with Gasteiger partial charge < -0.3 is 11.1 Å². The number of rotatable bonds is 6. The Morgan fingerprint density at radius 1 is 1.15 bits per heavy atom. The van der Waals surface area contributed by atoms with Crippen LogP contribution in [0.25, 0.3) is 22.1 Å². The second-order valence-corrected chi connectivity index (χ2v) is 7.95. The van der Waals surface area contributed by atoms with Crippen molar-refractivity contribution in [2.45, 2.75) is 39.9 Å². The maximum Gasteiger partial charge on any atom is 0.332 e. The van der Waals surface area contributed by atoms with Gasteiger partial charge in [-0.2, -0.15) is 4.98 Å². The smallest absolute Gasteiger partial charge is 0.332 e. The maximum atomic E-state index is 13.5. The predicted molar refractivity (Wildman–Crippen MR) is 128 cm³/mol. The zero-order chi connectivity index (χ0) is 23.7. The summed E-state index contributed by atoms with van der Waals surface area (Å²) in [6.07, 6.45) is 0. The Morgan fingerprint density at radius 3 is 2.64 bits per heavy atom. The lowest BCUT2D eigenvalue weighted by Gasteiger charge is -2.11. The van der Waals surface area contributed by atoms with Crippen LogP contribution in [-0.2, 0) is 20.1 Å². The zero-order valence-corrected chi connectivity index (χ0v) is 19.1. The van der Waals surface area contributed by atoms with Crippen molar-refractivity contribution < 1.29 is 0 Å². The number of aryl methyl sites for hydroxylation is 2. The second kappa shape index (κ2) is 8.88. The second-order valence-electron chi connectivity index (χ2n) is 7.95. The van der Waals surface area contributed by atoms with Crippen molar-refractivity contribution in [3.05, 3.63) is 56.6 Å². The molecule has 4 aromatic rings. The summed E-state index contributed by atoms with van der Waals surface area (Å²) in [5, 5.41) is 4.08. The Balaban J connectivity index is 1.90. The van der Waals surface area contributed by atoms with Crippen molar-refractivity contribution in [1.82, 2.24) is 28.7 Å². The van der Waals surface area contributed by atoms with Crippen LogP contribution in [0.3, 0.4) is 0 Å². The lowest BCUT2D eigenvalue weighted by atomic mass is 10.2. The highest BCUT2D eigenvalue weighted by molar-refractivity contribution is 5.80. The molecule has 1 aromatic carbocycles. The maximum absolute atomic E-state index is 13.5. The lowest BCUT2D eigenvalue weighted by Crippen LogP contribution is -2.40. The minimum absolute atomic E-state index is 0.0552.